The first kappa shape index (κ1) is 13.4. The lowest BCUT2D eigenvalue weighted by molar-refractivity contribution is 0.0690. The van der Waals surface area contributed by atoms with Crippen molar-refractivity contribution in [3.63, 3.8) is 0 Å². The molecule has 0 saturated carbocycles. The molecule has 4 nitrogen and oxygen atoms in total. The molecular weight excluding hydrogens is 266 g/mol. The van der Waals surface area contributed by atoms with Crippen LogP contribution in [0.25, 0.3) is 0 Å². The first-order valence-corrected chi connectivity index (χ1v) is 6.03. The number of benzene rings is 1. The molecule has 0 spiro atoms. The number of carbonyl (C=O) groups is 1. The Hall–Kier alpha value is -2.07. The summed E-state index contributed by atoms with van der Waals surface area (Å²) in [5.74, 6) is -0.849. The highest BCUT2D eigenvalue weighted by molar-refractivity contribution is 6.29. The maximum absolute atomic E-state index is 11.2. The molecule has 0 bridgehead atoms. The quantitative estimate of drug-likeness (QED) is 0.871. The van der Waals surface area contributed by atoms with E-state index in [1.807, 2.05) is 30.3 Å². The van der Waals surface area contributed by atoms with Crippen LogP contribution in [-0.2, 0) is 6.61 Å². The summed E-state index contributed by atoms with van der Waals surface area (Å²) in [4.78, 5) is 15.1. The van der Waals surface area contributed by atoms with Crippen molar-refractivity contribution in [3.05, 3.63) is 58.4 Å². The van der Waals surface area contributed by atoms with Crippen LogP contribution in [0.2, 0.25) is 5.15 Å². The molecule has 1 aromatic heterocycles. The number of carboxylic acids is 1. The molecule has 19 heavy (non-hydrogen) atoms. The molecule has 0 unspecified atom stereocenters. The minimum Gasteiger partial charge on any atom is -0.488 e. The Morgan fingerprint density at radius 3 is 2.68 bits per heavy atom. The Balaban J connectivity index is 2.27. The first-order chi connectivity index (χ1) is 9.08. The molecule has 98 valence electrons. The fourth-order valence-electron chi connectivity index (χ4n) is 1.72. The smallest absolute Gasteiger partial charge is 0.341 e. The predicted octanol–water partition coefficient (Wildman–Crippen LogP) is 3.32. The van der Waals surface area contributed by atoms with Crippen molar-refractivity contribution in [1.82, 2.24) is 4.98 Å². The highest BCUT2D eigenvalue weighted by Crippen LogP contribution is 2.25. The number of ether oxygens (including phenoxy) is 1. The van der Waals surface area contributed by atoms with Gasteiger partial charge in [-0.15, -0.1) is 0 Å². The Morgan fingerprint density at radius 1 is 1.37 bits per heavy atom. The highest BCUT2D eigenvalue weighted by atomic mass is 35.5. The van der Waals surface area contributed by atoms with Crippen LogP contribution < -0.4 is 4.74 Å². The standard InChI is InChI=1S/C14H12ClNO3/c1-9-13(14(17)18)11(7-12(15)16-9)19-8-10-5-3-2-4-6-10/h2-7H,8H2,1H3,(H,17,18). The Bertz CT molecular complexity index is 599. The summed E-state index contributed by atoms with van der Waals surface area (Å²) < 4.78 is 5.54. The molecule has 1 heterocycles. The lowest BCUT2D eigenvalue weighted by atomic mass is 10.2. The summed E-state index contributed by atoms with van der Waals surface area (Å²) in [6.07, 6.45) is 0. The normalized spacial score (nSPS) is 10.2. The molecule has 0 aliphatic rings. The molecule has 0 amide bonds. The minimum atomic E-state index is -1.08. The number of aryl methyl sites for hydroxylation is 1. The maximum atomic E-state index is 11.2. The van der Waals surface area contributed by atoms with Crippen LogP contribution in [0.4, 0.5) is 0 Å². The van der Waals surface area contributed by atoms with Gasteiger partial charge in [0.1, 0.15) is 23.1 Å². The number of hydrogen-bond donors (Lipinski definition) is 1. The second-order valence-electron chi connectivity index (χ2n) is 3.98. The van der Waals surface area contributed by atoms with Crippen LogP contribution in [0, 0.1) is 6.92 Å². The van der Waals surface area contributed by atoms with Gasteiger partial charge in [0.15, 0.2) is 0 Å². The monoisotopic (exact) mass is 277 g/mol. The van der Waals surface area contributed by atoms with Gasteiger partial charge in [0, 0.05) is 6.07 Å². The largest absolute Gasteiger partial charge is 0.488 e. The van der Waals surface area contributed by atoms with E-state index in [0.717, 1.165) is 5.56 Å². The van der Waals surface area contributed by atoms with Gasteiger partial charge in [-0.1, -0.05) is 41.9 Å². The van der Waals surface area contributed by atoms with Crippen LogP contribution in [0.1, 0.15) is 21.6 Å². The van der Waals surface area contributed by atoms with E-state index in [4.69, 9.17) is 16.3 Å². The number of pyridine rings is 1. The van der Waals surface area contributed by atoms with Crippen molar-refractivity contribution in [1.29, 1.82) is 0 Å². The van der Waals surface area contributed by atoms with Crippen LogP contribution in [0.3, 0.4) is 0 Å². The molecule has 5 heteroatoms. The lowest BCUT2D eigenvalue weighted by Gasteiger charge is -2.11. The highest BCUT2D eigenvalue weighted by Gasteiger charge is 2.17. The number of halogens is 1. The molecule has 1 aromatic carbocycles. The molecule has 2 aromatic rings. The summed E-state index contributed by atoms with van der Waals surface area (Å²) in [5, 5.41) is 9.38. The Kier molecular flexibility index (Phi) is 4.02. The summed E-state index contributed by atoms with van der Waals surface area (Å²) >= 11 is 5.82. The number of aromatic carboxylic acids is 1. The number of hydrogen-bond acceptors (Lipinski definition) is 3. The Labute approximate surface area is 115 Å². The molecule has 0 atom stereocenters. The zero-order valence-electron chi connectivity index (χ0n) is 10.3. The topological polar surface area (TPSA) is 59.4 Å². The van der Waals surface area contributed by atoms with E-state index in [9.17, 15) is 9.90 Å². The van der Waals surface area contributed by atoms with Crippen LogP contribution in [0.15, 0.2) is 36.4 Å². The molecule has 0 aliphatic heterocycles. The SMILES string of the molecule is Cc1nc(Cl)cc(OCc2ccccc2)c1C(=O)O. The van der Waals surface area contributed by atoms with Gasteiger partial charge in [0.25, 0.3) is 0 Å². The number of nitrogens with zero attached hydrogens (tertiary/aromatic N) is 1. The number of carboxylic acid groups (broad SMARTS) is 1. The van der Waals surface area contributed by atoms with Crippen molar-refractivity contribution in [3.8, 4) is 5.75 Å². The fraction of sp³-hybridized carbons (Fsp3) is 0.143. The van der Waals surface area contributed by atoms with Crippen molar-refractivity contribution < 1.29 is 14.6 Å². The van der Waals surface area contributed by atoms with E-state index in [1.165, 1.54) is 6.07 Å². The number of aromatic nitrogens is 1. The molecule has 0 aliphatic carbocycles. The minimum absolute atomic E-state index is 0.0420. The Morgan fingerprint density at radius 2 is 2.05 bits per heavy atom. The first-order valence-electron chi connectivity index (χ1n) is 5.65. The van der Waals surface area contributed by atoms with E-state index in [-0.39, 0.29) is 23.1 Å². The molecule has 0 radical (unpaired) electrons. The van der Waals surface area contributed by atoms with Crippen molar-refractivity contribution in [2.45, 2.75) is 13.5 Å². The third-order valence-electron chi connectivity index (χ3n) is 2.58. The van der Waals surface area contributed by atoms with Gasteiger partial charge >= 0.3 is 5.97 Å². The summed E-state index contributed by atoms with van der Waals surface area (Å²) in [6, 6.07) is 10.9. The van der Waals surface area contributed by atoms with Gasteiger partial charge in [0.2, 0.25) is 0 Å². The van der Waals surface area contributed by atoms with Crippen LogP contribution in [0.5, 0.6) is 5.75 Å². The third kappa shape index (κ3) is 3.23. The summed E-state index contributed by atoms with van der Waals surface area (Å²) in [6.45, 7) is 1.87. The second-order valence-corrected chi connectivity index (χ2v) is 4.37. The molecule has 2 rings (SSSR count). The van der Waals surface area contributed by atoms with E-state index >= 15 is 0 Å². The molecule has 0 fully saturated rings. The van der Waals surface area contributed by atoms with Crippen molar-refractivity contribution in [2.24, 2.45) is 0 Å². The van der Waals surface area contributed by atoms with Gasteiger partial charge in [-0.05, 0) is 12.5 Å². The van der Waals surface area contributed by atoms with E-state index in [1.54, 1.807) is 6.92 Å². The van der Waals surface area contributed by atoms with Gasteiger partial charge < -0.3 is 9.84 Å². The lowest BCUT2D eigenvalue weighted by Crippen LogP contribution is -2.07. The maximum Gasteiger partial charge on any atom is 0.341 e. The van der Waals surface area contributed by atoms with Crippen molar-refractivity contribution in [2.75, 3.05) is 0 Å². The second kappa shape index (κ2) is 5.71. The zero-order chi connectivity index (χ0) is 13.8. The average Bonchev–Trinajstić information content (AvgIpc) is 2.36. The molecular formula is C14H12ClNO3. The molecule has 0 saturated heterocycles. The summed E-state index contributed by atoms with van der Waals surface area (Å²) in [7, 11) is 0. The van der Waals surface area contributed by atoms with Crippen molar-refractivity contribution >= 4 is 17.6 Å². The molecule has 1 N–H and O–H groups in total. The van der Waals surface area contributed by atoms with Gasteiger partial charge in [-0.25, -0.2) is 9.78 Å². The van der Waals surface area contributed by atoms with E-state index in [2.05, 4.69) is 4.98 Å². The summed E-state index contributed by atoms with van der Waals surface area (Å²) in [5.41, 5.74) is 1.33. The predicted molar refractivity (Wildman–Crippen MR) is 71.7 cm³/mol. The zero-order valence-corrected chi connectivity index (χ0v) is 11.0. The number of rotatable bonds is 4. The average molecular weight is 278 g/mol. The van der Waals surface area contributed by atoms with Crippen LogP contribution >= 0.6 is 11.6 Å². The van der Waals surface area contributed by atoms with Crippen LogP contribution in [-0.4, -0.2) is 16.1 Å². The van der Waals surface area contributed by atoms with E-state index in [0.29, 0.717) is 5.69 Å². The fourth-order valence-corrected chi connectivity index (χ4v) is 1.94. The van der Waals surface area contributed by atoms with E-state index < -0.39 is 5.97 Å². The third-order valence-corrected chi connectivity index (χ3v) is 2.78. The van der Waals surface area contributed by atoms with Gasteiger partial charge in [-0.2, -0.15) is 0 Å². The van der Waals surface area contributed by atoms with Gasteiger partial charge in [-0.3, -0.25) is 0 Å². The van der Waals surface area contributed by atoms with Gasteiger partial charge in [0.05, 0.1) is 5.69 Å².